The molecule has 2 amide bonds. The standard InChI is InChI=1S/C18H24N6O2/c1-12-14(5-6-17(19-12)26-2)20-18(25)24-9-7-23(8-10-24)16-11-15(21-22-16)13-3-4-13/h5-6,11,13H,3-4,7-10H2,1-2H3,(H,20,25)(H,21,22). The molecule has 2 N–H and O–H groups in total. The minimum Gasteiger partial charge on any atom is -0.481 e. The second-order valence-electron chi connectivity index (χ2n) is 6.85. The normalized spacial score (nSPS) is 17.3. The van der Waals surface area contributed by atoms with Gasteiger partial charge in [0.1, 0.15) is 0 Å². The molecule has 2 aliphatic rings. The average Bonchev–Trinajstić information content (AvgIpc) is 3.40. The van der Waals surface area contributed by atoms with Gasteiger partial charge >= 0.3 is 6.03 Å². The van der Waals surface area contributed by atoms with E-state index in [1.54, 1.807) is 13.2 Å². The molecule has 0 bridgehead atoms. The van der Waals surface area contributed by atoms with Crippen LogP contribution in [0.15, 0.2) is 18.2 Å². The van der Waals surface area contributed by atoms with E-state index in [1.807, 2.05) is 17.9 Å². The van der Waals surface area contributed by atoms with Crippen LogP contribution in [-0.4, -0.2) is 59.4 Å². The number of nitrogens with zero attached hydrogens (tertiary/aromatic N) is 4. The Kier molecular flexibility index (Phi) is 4.40. The van der Waals surface area contributed by atoms with E-state index in [4.69, 9.17) is 4.74 Å². The van der Waals surface area contributed by atoms with Crippen molar-refractivity contribution in [2.24, 2.45) is 0 Å². The van der Waals surface area contributed by atoms with Crippen molar-refractivity contribution < 1.29 is 9.53 Å². The van der Waals surface area contributed by atoms with E-state index >= 15 is 0 Å². The number of aromatic nitrogens is 3. The molecule has 8 heteroatoms. The fourth-order valence-corrected chi connectivity index (χ4v) is 3.21. The number of aromatic amines is 1. The van der Waals surface area contributed by atoms with E-state index in [2.05, 4.69) is 31.5 Å². The SMILES string of the molecule is COc1ccc(NC(=O)N2CCN(c3cc(C4CC4)[nH]n3)CC2)c(C)n1. The first-order valence-corrected chi connectivity index (χ1v) is 9.02. The molecule has 2 fully saturated rings. The maximum atomic E-state index is 12.5. The second kappa shape index (κ2) is 6.86. The maximum Gasteiger partial charge on any atom is 0.322 e. The van der Waals surface area contributed by atoms with Crippen molar-refractivity contribution in [2.75, 3.05) is 43.5 Å². The topological polar surface area (TPSA) is 86.4 Å². The summed E-state index contributed by atoms with van der Waals surface area (Å²) in [5, 5.41) is 10.5. The molecule has 0 radical (unpaired) electrons. The average molecular weight is 356 g/mol. The number of carbonyl (C=O) groups excluding carboxylic acids is 1. The van der Waals surface area contributed by atoms with Crippen LogP contribution in [0.2, 0.25) is 0 Å². The molecule has 1 aliphatic heterocycles. The third-order valence-electron chi connectivity index (χ3n) is 5.00. The molecular weight excluding hydrogens is 332 g/mol. The van der Waals surface area contributed by atoms with Gasteiger partial charge in [0.15, 0.2) is 5.82 Å². The van der Waals surface area contributed by atoms with Gasteiger partial charge in [-0.3, -0.25) is 5.10 Å². The Bertz CT molecular complexity index is 793. The number of piperazine rings is 1. The molecule has 1 saturated heterocycles. The number of aryl methyl sites for hydroxylation is 1. The molecular formula is C18H24N6O2. The smallest absolute Gasteiger partial charge is 0.322 e. The molecule has 0 spiro atoms. The number of pyridine rings is 1. The Morgan fingerprint density at radius 3 is 2.69 bits per heavy atom. The molecule has 1 aliphatic carbocycles. The van der Waals surface area contributed by atoms with Crippen molar-refractivity contribution in [3.63, 3.8) is 0 Å². The second-order valence-corrected chi connectivity index (χ2v) is 6.85. The van der Waals surface area contributed by atoms with Gasteiger partial charge in [-0.25, -0.2) is 9.78 Å². The lowest BCUT2D eigenvalue weighted by Gasteiger charge is -2.34. The third kappa shape index (κ3) is 3.44. The first-order chi connectivity index (χ1) is 12.6. The first-order valence-electron chi connectivity index (χ1n) is 9.02. The van der Waals surface area contributed by atoms with E-state index < -0.39 is 0 Å². The van der Waals surface area contributed by atoms with Gasteiger partial charge in [0.05, 0.1) is 18.5 Å². The van der Waals surface area contributed by atoms with Crippen LogP contribution in [-0.2, 0) is 0 Å². The molecule has 138 valence electrons. The molecule has 0 unspecified atom stereocenters. The van der Waals surface area contributed by atoms with E-state index in [9.17, 15) is 4.79 Å². The Hall–Kier alpha value is -2.77. The van der Waals surface area contributed by atoms with E-state index in [1.165, 1.54) is 18.5 Å². The minimum atomic E-state index is -0.0968. The monoisotopic (exact) mass is 356 g/mol. The first kappa shape index (κ1) is 16.7. The Balaban J connectivity index is 1.32. The predicted molar refractivity (Wildman–Crippen MR) is 98.9 cm³/mol. The van der Waals surface area contributed by atoms with Crippen LogP contribution in [0.1, 0.15) is 30.1 Å². The molecule has 26 heavy (non-hydrogen) atoms. The van der Waals surface area contributed by atoms with Crippen LogP contribution >= 0.6 is 0 Å². The third-order valence-corrected chi connectivity index (χ3v) is 5.00. The van der Waals surface area contributed by atoms with Crippen LogP contribution < -0.4 is 15.0 Å². The van der Waals surface area contributed by atoms with Crippen molar-refractivity contribution in [2.45, 2.75) is 25.7 Å². The van der Waals surface area contributed by atoms with Gasteiger partial charge in [-0.15, -0.1) is 0 Å². The highest BCUT2D eigenvalue weighted by molar-refractivity contribution is 5.90. The highest BCUT2D eigenvalue weighted by atomic mass is 16.5. The summed E-state index contributed by atoms with van der Waals surface area (Å²) >= 11 is 0. The van der Waals surface area contributed by atoms with Gasteiger partial charge in [-0.1, -0.05) is 0 Å². The number of nitrogens with one attached hydrogen (secondary N) is 2. The van der Waals surface area contributed by atoms with E-state index in [0.29, 0.717) is 30.6 Å². The number of rotatable bonds is 4. The molecule has 0 aromatic carbocycles. The largest absolute Gasteiger partial charge is 0.481 e. The summed E-state index contributed by atoms with van der Waals surface area (Å²) in [5.74, 6) is 2.20. The van der Waals surface area contributed by atoms with E-state index in [-0.39, 0.29) is 6.03 Å². The number of hydrogen-bond donors (Lipinski definition) is 2. The summed E-state index contributed by atoms with van der Waals surface area (Å²) in [5.41, 5.74) is 2.68. The lowest BCUT2D eigenvalue weighted by Crippen LogP contribution is -2.50. The van der Waals surface area contributed by atoms with Crippen molar-refractivity contribution >= 4 is 17.5 Å². The van der Waals surface area contributed by atoms with Crippen LogP contribution in [0.3, 0.4) is 0 Å². The number of urea groups is 1. The molecule has 4 rings (SSSR count). The van der Waals surface area contributed by atoms with Gasteiger partial charge in [-0.2, -0.15) is 5.10 Å². The van der Waals surface area contributed by atoms with Gasteiger partial charge in [0.2, 0.25) is 5.88 Å². The quantitative estimate of drug-likeness (QED) is 0.878. The van der Waals surface area contributed by atoms with Crippen molar-refractivity contribution in [1.29, 1.82) is 0 Å². The van der Waals surface area contributed by atoms with Crippen LogP contribution in [0, 0.1) is 6.92 Å². The van der Waals surface area contributed by atoms with Crippen LogP contribution in [0.4, 0.5) is 16.3 Å². The summed E-state index contributed by atoms with van der Waals surface area (Å²) in [6, 6.07) is 5.62. The van der Waals surface area contributed by atoms with Crippen molar-refractivity contribution in [3.8, 4) is 5.88 Å². The zero-order chi connectivity index (χ0) is 18.1. The highest BCUT2D eigenvalue weighted by Gasteiger charge is 2.28. The maximum absolute atomic E-state index is 12.5. The zero-order valence-corrected chi connectivity index (χ0v) is 15.2. The fourth-order valence-electron chi connectivity index (χ4n) is 3.21. The van der Waals surface area contributed by atoms with Gasteiger partial charge in [-0.05, 0) is 25.8 Å². The summed E-state index contributed by atoms with van der Waals surface area (Å²) in [4.78, 5) is 20.9. The lowest BCUT2D eigenvalue weighted by molar-refractivity contribution is 0.208. The van der Waals surface area contributed by atoms with Crippen molar-refractivity contribution in [3.05, 3.63) is 29.6 Å². The fraction of sp³-hybridized carbons (Fsp3) is 0.500. The predicted octanol–water partition coefficient (Wildman–Crippen LogP) is 2.35. The Morgan fingerprint density at radius 2 is 2.04 bits per heavy atom. The van der Waals surface area contributed by atoms with Crippen LogP contribution in [0.25, 0.3) is 0 Å². The molecule has 2 aromatic rings. The van der Waals surface area contributed by atoms with E-state index in [0.717, 1.165) is 24.6 Å². The lowest BCUT2D eigenvalue weighted by atomic mass is 10.2. The summed E-state index contributed by atoms with van der Waals surface area (Å²) in [6.07, 6.45) is 2.52. The summed E-state index contributed by atoms with van der Waals surface area (Å²) < 4.78 is 5.10. The minimum absolute atomic E-state index is 0.0968. The molecule has 0 atom stereocenters. The number of amides is 2. The van der Waals surface area contributed by atoms with Crippen molar-refractivity contribution in [1.82, 2.24) is 20.1 Å². The summed E-state index contributed by atoms with van der Waals surface area (Å²) in [6.45, 7) is 4.75. The number of H-pyrrole nitrogens is 1. The number of anilines is 2. The number of ether oxygens (including phenoxy) is 1. The molecule has 3 heterocycles. The molecule has 8 nitrogen and oxygen atoms in total. The van der Waals surface area contributed by atoms with Gasteiger partial charge < -0.3 is 19.9 Å². The number of methoxy groups -OCH3 is 1. The molecule has 1 saturated carbocycles. The Morgan fingerprint density at radius 1 is 1.27 bits per heavy atom. The number of hydrogen-bond acceptors (Lipinski definition) is 5. The highest BCUT2D eigenvalue weighted by Crippen LogP contribution is 2.39. The molecule has 2 aromatic heterocycles. The number of carbonyl (C=O) groups is 1. The van der Waals surface area contributed by atoms with Gasteiger partial charge in [0, 0.05) is 49.9 Å². The van der Waals surface area contributed by atoms with Crippen LogP contribution in [0.5, 0.6) is 5.88 Å². The Labute approximate surface area is 152 Å². The van der Waals surface area contributed by atoms with Gasteiger partial charge in [0.25, 0.3) is 0 Å². The summed E-state index contributed by atoms with van der Waals surface area (Å²) in [7, 11) is 1.58. The zero-order valence-electron chi connectivity index (χ0n) is 15.2.